The smallest absolute Gasteiger partial charge is 0.152 e. The van der Waals surface area contributed by atoms with Crippen LogP contribution in [-0.2, 0) is 7.05 Å². The molecular weight excluding hydrogens is 124 g/mol. The highest BCUT2D eigenvalue weighted by Gasteiger charge is 1.85. The van der Waals surface area contributed by atoms with Crippen LogP contribution >= 0.6 is 0 Å². The average molecular weight is 130 g/mol. The van der Waals surface area contributed by atoms with Crippen molar-refractivity contribution < 1.29 is 0 Å². The second kappa shape index (κ2) is 2.75. The van der Waals surface area contributed by atoms with Gasteiger partial charge in [0.05, 0.1) is 0 Å². The lowest BCUT2D eigenvalue weighted by Gasteiger charge is -1.80. The molecule has 1 aromatic heterocycles. The number of nitrogens with zero attached hydrogens (tertiary/aromatic N) is 2. The maximum absolute atomic E-state index is 8.10. The Balaban J connectivity index is 2.89. The van der Waals surface area contributed by atoms with E-state index in [2.05, 4.69) is 11.8 Å². The van der Waals surface area contributed by atoms with Gasteiger partial charge >= 0.3 is 0 Å². The van der Waals surface area contributed by atoms with Crippen molar-refractivity contribution in [2.75, 3.05) is 0 Å². The van der Waals surface area contributed by atoms with Crippen LogP contribution in [0.4, 0.5) is 0 Å². The van der Waals surface area contributed by atoms with Crippen LogP contribution in [0.3, 0.4) is 0 Å². The average Bonchev–Trinajstić information content (AvgIpc) is 2.31. The van der Waals surface area contributed by atoms with Gasteiger partial charge in [-0.3, -0.25) is 0 Å². The van der Waals surface area contributed by atoms with Crippen LogP contribution in [0.2, 0.25) is 0 Å². The summed E-state index contributed by atoms with van der Waals surface area (Å²) in [6.45, 7) is 0. The van der Waals surface area contributed by atoms with Crippen molar-refractivity contribution in [1.82, 2.24) is 4.57 Å². The summed E-state index contributed by atoms with van der Waals surface area (Å²) in [5, 5.41) is 8.10. The highest BCUT2D eigenvalue weighted by Crippen LogP contribution is 1.95. The number of nitriles is 1. The summed E-state index contributed by atoms with van der Waals surface area (Å²) in [5.74, 6) is 5.00. The highest BCUT2D eigenvalue weighted by molar-refractivity contribution is 5.36. The third-order valence-corrected chi connectivity index (χ3v) is 1.09. The Morgan fingerprint density at radius 3 is 2.90 bits per heavy atom. The van der Waals surface area contributed by atoms with Gasteiger partial charge in [0.25, 0.3) is 0 Å². The maximum atomic E-state index is 8.10. The van der Waals surface area contributed by atoms with Crippen LogP contribution < -0.4 is 0 Å². The first-order chi connectivity index (χ1) is 4.83. The van der Waals surface area contributed by atoms with Crippen molar-refractivity contribution in [1.29, 1.82) is 5.26 Å². The van der Waals surface area contributed by atoms with Gasteiger partial charge in [-0.2, -0.15) is 5.26 Å². The number of aryl methyl sites for hydroxylation is 1. The summed E-state index contributed by atoms with van der Waals surface area (Å²) in [6, 6.07) is 3.62. The fourth-order valence-electron chi connectivity index (χ4n) is 0.677. The monoisotopic (exact) mass is 130 g/mol. The predicted molar refractivity (Wildman–Crippen MR) is 37.9 cm³/mol. The summed E-state index contributed by atoms with van der Waals surface area (Å²) < 4.78 is 1.89. The third-order valence-electron chi connectivity index (χ3n) is 1.09. The number of rotatable bonds is 0. The zero-order chi connectivity index (χ0) is 7.40. The molecule has 0 bridgehead atoms. The number of hydrogen-bond donors (Lipinski definition) is 0. The van der Waals surface area contributed by atoms with Gasteiger partial charge in [-0.25, -0.2) is 0 Å². The molecule has 1 aromatic rings. The Kier molecular flexibility index (Phi) is 1.78. The van der Waals surface area contributed by atoms with Crippen molar-refractivity contribution in [2.24, 2.45) is 7.05 Å². The largest absolute Gasteiger partial charge is 0.356 e. The molecule has 0 unspecified atom stereocenters. The Bertz CT molecular complexity index is 317. The topological polar surface area (TPSA) is 28.7 Å². The molecule has 0 aliphatic heterocycles. The first-order valence-electron chi connectivity index (χ1n) is 2.85. The van der Waals surface area contributed by atoms with Crippen LogP contribution in [0, 0.1) is 23.2 Å². The van der Waals surface area contributed by atoms with Crippen molar-refractivity contribution in [3.8, 4) is 17.9 Å². The van der Waals surface area contributed by atoms with Crippen LogP contribution in [0.1, 0.15) is 5.56 Å². The van der Waals surface area contributed by atoms with Crippen LogP contribution in [0.15, 0.2) is 18.5 Å². The van der Waals surface area contributed by atoms with E-state index in [-0.39, 0.29) is 0 Å². The minimum atomic E-state index is 0.879. The highest BCUT2D eigenvalue weighted by atomic mass is 14.9. The molecule has 0 radical (unpaired) electrons. The lowest BCUT2D eigenvalue weighted by molar-refractivity contribution is 0.927. The van der Waals surface area contributed by atoms with Crippen molar-refractivity contribution in [2.45, 2.75) is 0 Å². The van der Waals surface area contributed by atoms with Gasteiger partial charge in [0.15, 0.2) is 6.07 Å². The van der Waals surface area contributed by atoms with E-state index in [1.165, 1.54) is 0 Å². The van der Waals surface area contributed by atoms with E-state index < -0.39 is 0 Å². The first kappa shape index (κ1) is 6.45. The van der Waals surface area contributed by atoms with Crippen LogP contribution in [0.25, 0.3) is 0 Å². The van der Waals surface area contributed by atoms with E-state index in [9.17, 15) is 0 Å². The van der Waals surface area contributed by atoms with Crippen LogP contribution in [0.5, 0.6) is 0 Å². The van der Waals surface area contributed by atoms with E-state index in [1.807, 2.05) is 30.1 Å². The molecule has 0 saturated heterocycles. The van der Waals surface area contributed by atoms with Gasteiger partial charge in [0, 0.05) is 30.9 Å². The van der Waals surface area contributed by atoms with E-state index in [0.29, 0.717) is 0 Å². The molecule has 2 nitrogen and oxygen atoms in total. The fraction of sp³-hybridized carbons (Fsp3) is 0.125. The number of aromatic nitrogens is 1. The van der Waals surface area contributed by atoms with Gasteiger partial charge in [0.2, 0.25) is 0 Å². The SMILES string of the molecule is Cn1ccc(C#CC#N)c1. The zero-order valence-electron chi connectivity index (χ0n) is 5.63. The van der Waals surface area contributed by atoms with E-state index in [4.69, 9.17) is 5.26 Å². The molecule has 0 aliphatic carbocycles. The van der Waals surface area contributed by atoms with E-state index >= 15 is 0 Å². The Morgan fingerprint density at radius 1 is 1.60 bits per heavy atom. The molecule has 10 heavy (non-hydrogen) atoms. The van der Waals surface area contributed by atoms with Gasteiger partial charge in [-0.05, 0) is 12.0 Å². The second-order valence-corrected chi connectivity index (χ2v) is 1.93. The fourth-order valence-corrected chi connectivity index (χ4v) is 0.677. The van der Waals surface area contributed by atoms with E-state index in [0.717, 1.165) is 5.56 Å². The molecule has 0 aliphatic rings. The zero-order valence-corrected chi connectivity index (χ0v) is 5.63. The lowest BCUT2D eigenvalue weighted by Crippen LogP contribution is -1.77. The summed E-state index contributed by atoms with van der Waals surface area (Å²) in [7, 11) is 1.91. The summed E-state index contributed by atoms with van der Waals surface area (Å²) in [4.78, 5) is 0. The maximum Gasteiger partial charge on any atom is 0.152 e. The first-order valence-corrected chi connectivity index (χ1v) is 2.85. The minimum absolute atomic E-state index is 0.879. The molecule has 1 heterocycles. The number of hydrogen-bond acceptors (Lipinski definition) is 1. The Morgan fingerprint density at radius 2 is 2.40 bits per heavy atom. The standard InChI is InChI=1S/C8H6N2/c1-10-6-4-8(7-10)3-2-5-9/h4,6-7H,1H3. The molecular formula is C8H6N2. The van der Waals surface area contributed by atoms with Gasteiger partial charge in [-0.15, -0.1) is 0 Å². The van der Waals surface area contributed by atoms with Gasteiger partial charge in [-0.1, -0.05) is 0 Å². The summed E-state index contributed by atoms with van der Waals surface area (Å²) in [5.41, 5.74) is 0.879. The van der Waals surface area contributed by atoms with Crippen LogP contribution in [-0.4, -0.2) is 4.57 Å². The minimum Gasteiger partial charge on any atom is -0.356 e. The van der Waals surface area contributed by atoms with Gasteiger partial charge < -0.3 is 4.57 Å². The predicted octanol–water partition coefficient (Wildman–Crippen LogP) is 0.900. The Labute approximate surface area is 59.7 Å². The molecule has 48 valence electrons. The van der Waals surface area contributed by atoms with Gasteiger partial charge in [0.1, 0.15) is 0 Å². The van der Waals surface area contributed by atoms with Crippen molar-refractivity contribution in [3.05, 3.63) is 24.0 Å². The summed E-state index contributed by atoms with van der Waals surface area (Å²) >= 11 is 0. The quantitative estimate of drug-likeness (QED) is 0.479. The third kappa shape index (κ3) is 1.40. The molecule has 0 saturated carbocycles. The Hall–Kier alpha value is -1.67. The molecule has 1 rings (SSSR count). The molecule has 0 N–H and O–H groups in total. The van der Waals surface area contributed by atoms with E-state index in [1.54, 1.807) is 6.07 Å². The molecule has 0 aromatic carbocycles. The van der Waals surface area contributed by atoms with Crippen molar-refractivity contribution >= 4 is 0 Å². The van der Waals surface area contributed by atoms with Crippen molar-refractivity contribution in [3.63, 3.8) is 0 Å². The lowest BCUT2D eigenvalue weighted by atomic mass is 10.3. The normalized spacial score (nSPS) is 7.60. The molecule has 0 spiro atoms. The molecule has 0 amide bonds. The molecule has 0 atom stereocenters. The second-order valence-electron chi connectivity index (χ2n) is 1.93. The summed E-state index contributed by atoms with van der Waals surface area (Å²) in [6.07, 6.45) is 3.76. The molecule has 0 fully saturated rings. The molecule has 2 heteroatoms.